The third kappa shape index (κ3) is 5.35. The maximum absolute atomic E-state index is 12.4. The quantitative estimate of drug-likeness (QED) is 0.573. The number of nitriles is 1. The molecule has 2 aromatic rings. The van der Waals surface area contributed by atoms with Crippen LogP contribution in [0.3, 0.4) is 0 Å². The van der Waals surface area contributed by atoms with Crippen LogP contribution in [-0.2, 0) is 11.4 Å². The van der Waals surface area contributed by atoms with Gasteiger partial charge < -0.3 is 10.1 Å². The van der Waals surface area contributed by atoms with Crippen LogP contribution >= 0.6 is 11.6 Å². The molecule has 1 saturated carbocycles. The minimum Gasteiger partial charge on any atom is -0.488 e. The normalized spacial score (nSPS) is 14.6. The molecular weight excluding hydrogens is 360 g/mol. The Morgan fingerprint density at radius 1 is 1.19 bits per heavy atom. The Morgan fingerprint density at radius 3 is 2.59 bits per heavy atom. The molecule has 1 aliphatic rings. The fraction of sp³-hybridized carbons (Fsp3) is 0.273. The number of hydrogen-bond acceptors (Lipinski definition) is 3. The van der Waals surface area contributed by atoms with Gasteiger partial charge >= 0.3 is 0 Å². The van der Waals surface area contributed by atoms with E-state index in [2.05, 4.69) is 5.32 Å². The first-order chi connectivity index (χ1) is 13.2. The van der Waals surface area contributed by atoms with Crippen molar-refractivity contribution in [2.75, 3.05) is 0 Å². The van der Waals surface area contributed by atoms with Gasteiger partial charge in [0.25, 0.3) is 5.91 Å². The Morgan fingerprint density at radius 2 is 1.89 bits per heavy atom. The van der Waals surface area contributed by atoms with Gasteiger partial charge in [0.2, 0.25) is 0 Å². The summed E-state index contributed by atoms with van der Waals surface area (Å²) in [7, 11) is 0. The molecule has 0 atom stereocenters. The maximum Gasteiger partial charge on any atom is 0.262 e. The Labute approximate surface area is 164 Å². The van der Waals surface area contributed by atoms with E-state index in [0.717, 1.165) is 31.2 Å². The Hall–Kier alpha value is -2.77. The largest absolute Gasteiger partial charge is 0.488 e. The van der Waals surface area contributed by atoms with Crippen LogP contribution in [0.5, 0.6) is 5.75 Å². The molecule has 0 radical (unpaired) electrons. The molecule has 5 heteroatoms. The molecule has 4 nitrogen and oxygen atoms in total. The zero-order chi connectivity index (χ0) is 19.1. The van der Waals surface area contributed by atoms with Crippen molar-refractivity contribution in [3.63, 3.8) is 0 Å². The zero-order valence-corrected chi connectivity index (χ0v) is 15.7. The van der Waals surface area contributed by atoms with Crippen molar-refractivity contribution in [2.45, 2.75) is 38.3 Å². The van der Waals surface area contributed by atoms with E-state index in [9.17, 15) is 10.1 Å². The second-order valence-electron chi connectivity index (χ2n) is 6.58. The van der Waals surface area contributed by atoms with Crippen molar-refractivity contribution < 1.29 is 9.53 Å². The van der Waals surface area contributed by atoms with Crippen molar-refractivity contribution >= 4 is 23.6 Å². The maximum atomic E-state index is 12.4. The molecule has 1 fully saturated rings. The van der Waals surface area contributed by atoms with E-state index in [1.165, 1.54) is 0 Å². The lowest BCUT2D eigenvalue weighted by atomic mass is 10.1. The predicted molar refractivity (Wildman–Crippen MR) is 106 cm³/mol. The van der Waals surface area contributed by atoms with Crippen LogP contribution in [0.4, 0.5) is 0 Å². The number of para-hydroxylation sites is 1. The van der Waals surface area contributed by atoms with Crippen LogP contribution in [0.25, 0.3) is 6.08 Å². The van der Waals surface area contributed by atoms with Crippen LogP contribution in [0, 0.1) is 11.3 Å². The highest BCUT2D eigenvalue weighted by molar-refractivity contribution is 6.30. The molecule has 1 aliphatic carbocycles. The second kappa shape index (κ2) is 9.25. The van der Waals surface area contributed by atoms with E-state index in [4.69, 9.17) is 16.3 Å². The fourth-order valence-corrected chi connectivity index (χ4v) is 3.24. The smallest absolute Gasteiger partial charge is 0.262 e. The summed E-state index contributed by atoms with van der Waals surface area (Å²) in [5.41, 5.74) is 1.77. The summed E-state index contributed by atoms with van der Waals surface area (Å²) >= 11 is 5.90. The number of amides is 1. The van der Waals surface area contributed by atoms with Crippen LogP contribution in [0.15, 0.2) is 54.1 Å². The number of carbonyl (C=O) groups excluding carboxylic acids is 1. The first kappa shape index (κ1) is 19.0. The van der Waals surface area contributed by atoms with Crippen LogP contribution < -0.4 is 10.1 Å². The average Bonchev–Trinajstić information content (AvgIpc) is 3.19. The van der Waals surface area contributed by atoms with Gasteiger partial charge in [-0.25, -0.2) is 0 Å². The molecule has 0 unspecified atom stereocenters. The molecule has 0 spiro atoms. The minimum atomic E-state index is -0.322. The first-order valence-electron chi connectivity index (χ1n) is 9.04. The van der Waals surface area contributed by atoms with Gasteiger partial charge in [-0.2, -0.15) is 5.26 Å². The summed E-state index contributed by atoms with van der Waals surface area (Å²) in [6.45, 7) is 0.373. The number of rotatable bonds is 6. The summed E-state index contributed by atoms with van der Waals surface area (Å²) in [5.74, 6) is 0.297. The fourth-order valence-electron chi connectivity index (χ4n) is 3.11. The van der Waals surface area contributed by atoms with Gasteiger partial charge in [0.1, 0.15) is 24.0 Å². The summed E-state index contributed by atoms with van der Waals surface area (Å²) in [5, 5.41) is 13.0. The van der Waals surface area contributed by atoms with Crippen LogP contribution in [-0.4, -0.2) is 11.9 Å². The number of halogens is 1. The van der Waals surface area contributed by atoms with Crippen LogP contribution in [0.2, 0.25) is 5.02 Å². The lowest BCUT2D eigenvalue weighted by Crippen LogP contribution is -2.33. The number of hydrogen-bond donors (Lipinski definition) is 1. The van der Waals surface area contributed by atoms with E-state index in [1.54, 1.807) is 6.08 Å². The third-order valence-electron chi connectivity index (χ3n) is 4.58. The molecule has 0 aromatic heterocycles. The number of carbonyl (C=O) groups is 1. The van der Waals surface area contributed by atoms with E-state index in [1.807, 2.05) is 54.6 Å². The van der Waals surface area contributed by atoms with Gasteiger partial charge in [-0.3, -0.25) is 4.79 Å². The minimum absolute atomic E-state index is 0.0874. The zero-order valence-electron chi connectivity index (χ0n) is 15.0. The van der Waals surface area contributed by atoms with Crippen molar-refractivity contribution in [1.82, 2.24) is 5.32 Å². The Balaban J connectivity index is 1.72. The number of nitrogens with zero attached hydrogens (tertiary/aromatic N) is 1. The molecule has 1 N–H and O–H groups in total. The Bertz CT molecular complexity index is 863. The second-order valence-corrected chi connectivity index (χ2v) is 7.01. The first-order valence-corrected chi connectivity index (χ1v) is 9.42. The third-order valence-corrected chi connectivity index (χ3v) is 4.83. The average molecular weight is 381 g/mol. The molecule has 0 heterocycles. The van der Waals surface area contributed by atoms with Crippen LogP contribution in [0.1, 0.15) is 36.8 Å². The summed E-state index contributed by atoms with van der Waals surface area (Å²) in [4.78, 5) is 12.4. The van der Waals surface area contributed by atoms with Crippen molar-refractivity contribution in [3.8, 4) is 11.8 Å². The van der Waals surface area contributed by atoms with E-state index < -0.39 is 0 Å². The predicted octanol–water partition coefficient (Wildman–Crippen LogP) is 4.88. The van der Waals surface area contributed by atoms with Crippen molar-refractivity contribution in [3.05, 3.63) is 70.3 Å². The topological polar surface area (TPSA) is 62.1 Å². The monoisotopic (exact) mass is 380 g/mol. The van der Waals surface area contributed by atoms with Gasteiger partial charge in [-0.1, -0.05) is 54.8 Å². The summed E-state index contributed by atoms with van der Waals surface area (Å²) < 4.78 is 5.89. The molecule has 27 heavy (non-hydrogen) atoms. The highest BCUT2D eigenvalue weighted by Gasteiger charge is 2.19. The Kier molecular flexibility index (Phi) is 6.51. The van der Waals surface area contributed by atoms with E-state index >= 15 is 0 Å². The van der Waals surface area contributed by atoms with Gasteiger partial charge in [0.05, 0.1) is 0 Å². The van der Waals surface area contributed by atoms with Crippen molar-refractivity contribution in [1.29, 1.82) is 5.26 Å². The van der Waals surface area contributed by atoms with Gasteiger partial charge in [0.15, 0.2) is 0 Å². The highest BCUT2D eigenvalue weighted by Crippen LogP contribution is 2.23. The van der Waals surface area contributed by atoms with Crippen molar-refractivity contribution in [2.24, 2.45) is 0 Å². The molecule has 138 valence electrons. The van der Waals surface area contributed by atoms with E-state index in [0.29, 0.717) is 22.9 Å². The molecular formula is C22H21ClN2O2. The number of nitrogens with one attached hydrogen (secondary N) is 1. The molecule has 0 bridgehead atoms. The summed E-state index contributed by atoms with van der Waals surface area (Å²) in [6.07, 6.45) is 5.79. The molecule has 2 aromatic carbocycles. The summed E-state index contributed by atoms with van der Waals surface area (Å²) in [6, 6.07) is 17.0. The van der Waals surface area contributed by atoms with Gasteiger partial charge in [0, 0.05) is 16.6 Å². The SMILES string of the molecule is N#C/C(=C/c1ccccc1OCc1ccc(Cl)cc1)C(=O)NC1CCCC1. The van der Waals surface area contributed by atoms with Gasteiger partial charge in [-0.05, 0) is 42.7 Å². The number of ether oxygens (including phenoxy) is 1. The molecule has 0 saturated heterocycles. The highest BCUT2D eigenvalue weighted by atomic mass is 35.5. The van der Waals surface area contributed by atoms with E-state index in [-0.39, 0.29) is 17.5 Å². The van der Waals surface area contributed by atoms with Gasteiger partial charge in [-0.15, -0.1) is 0 Å². The lowest BCUT2D eigenvalue weighted by molar-refractivity contribution is -0.117. The molecule has 0 aliphatic heterocycles. The molecule has 3 rings (SSSR count). The lowest BCUT2D eigenvalue weighted by Gasteiger charge is -2.12. The standard InChI is InChI=1S/C22H21ClN2O2/c23-19-11-9-16(10-12-19)15-27-21-8-4-1-5-17(21)13-18(14-24)22(26)25-20-6-2-3-7-20/h1,4-5,8-13,20H,2-3,6-7,15H2,(H,25,26)/b18-13-. The number of benzene rings is 2. The molecule has 1 amide bonds.